The second-order valence-electron chi connectivity index (χ2n) is 4.56. The van der Waals surface area contributed by atoms with Crippen molar-refractivity contribution in [2.45, 2.75) is 19.0 Å². The highest BCUT2D eigenvalue weighted by Crippen LogP contribution is 2.24. The number of nitrogens with two attached hydrogens (primary N) is 1. The third-order valence-corrected chi connectivity index (χ3v) is 3.28. The van der Waals surface area contributed by atoms with Crippen LogP contribution in [0.2, 0.25) is 0 Å². The van der Waals surface area contributed by atoms with Gasteiger partial charge in [-0.05, 0) is 24.1 Å². The number of nitrogens with one attached hydrogen (secondary N) is 1. The predicted molar refractivity (Wildman–Crippen MR) is 70.5 cm³/mol. The van der Waals surface area contributed by atoms with Crippen molar-refractivity contribution in [3.05, 3.63) is 29.6 Å². The van der Waals surface area contributed by atoms with Crippen molar-refractivity contribution >= 4 is 11.8 Å². The molecule has 0 spiro atoms. The fourth-order valence-electron chi connectivity index (χ4n) is 2.26. The van der Waals surface area contributed by atoms with Crippen LogP contribution in [0, 0.1) is 5.82 Å². The summed E-state index contributed by atoms with van der Waals surface area (Å²) in [5, 5.41) is 2.73. The SMILES string of the molecule is COC(=O)NC1CCN(c2ccc(CN)cc2F)C1. The zero-order chi connectivity index (χ0) is 13.8. The van der Waals surface area contributed by atoms with Crippen molar-refractivity contribution in [3.8, 4) is 0 Å². The van der Waals surface area contributed by atoms with Crippen molar-refractivity contribution in [3.63, 3.8) is 0 Å². The molecule has 0 aliphatic carbocycles. The first-order valence-electron chi connectivity index (χ1n) is 6.22. The van der Waals surface area contributed by atoms with Gasteiger partial charge in [0, 0.05) is 19.6 Å². The predicted octanol–water partition coefficient (Wildman–Crippen LogP) is 1.22. The molecule has 1 aromatic carbocycles. The van der Waals surface area contributed by atoms with E-state index >= 15 is 0 Å². The summed E-state index contributed by atoms with van der Waals surface area (Å²) in [5.74, 6) is -0.276. The molecule has 1 fully saturated rings. The van der Waals surface area contributed by atoms with E-state index < -0.39 is 6.09 Å². The first kappa shape index (κ1) is 13.6. The lowest BCUT2D eigenvalue weighted by atomic mass is 10.2. The van der Waals surface area contributed by atoms with Crippen LogP contribution in [-0.2, 0) is 11.3 Å². The zero-order valence-corrected chi connectivity index (χ0v) is 10.9. The minimum absolute atomic E-state index is 0.0129. The topological polar surface area (TPSA) is 67.6 Å². The lowest BCUT2D eigenvalue weighted by Crippen LogP contribution is -2.37. The van der Waals surface area contributed by atoms with Crippen LogP contribution < -0.4 is 16.0 Å². The number of hydrogen-bond donors (Lipinski definition) is 2. The summed E-state index contributed by atoms with van der Waals surface area (Å²) in [5.41, 5.74) is 6.79. The molecular weight excluding hydrogens is 249 g/mol. The van der Waals surface area contributed by atoms with Gasteiger partial charge in [0.05, 0.1) is 18.8 Å². The number of carbonyl (C=O) groups is 1. The van der Waals surface area contributed by atoms with Crippen LogP contribution in [0.15, 0.2) is 18.2 Å². The van der Waals surface area contributed by atoms with E-state index in [4.69, 9.17) is 5.73 Å². The first-order chi connectivity index (χ1) is 9.13. The van der Waals surface area contributed by atoms with E-state index in [1.54, 1.807) is 6.07 Å². The summed E-state index contributed by atoms with van der Waals surface area (Å²) < 4.78 is 18.5. The van der Waals surface area contributed by atoms with E-state index in [1.807, 2.05) is 11.0 Å². The molecule has 3 N–H and O–H groups in total. The van der Waals surface area contributed by atoms with Gasteiger partial charge in [-0.2, -0.15) is 0 Å². The van der Waals surface area contributed by atoms with Crippen LogP contribution in [0.3, 0.4) is 0 Å². The van der Waals surface area contributed by atoms with Crippen molar-refractivity contribution in [2.24, 2.45) is 5.73 Å². The molecule has 104 valence electrons. The summed E-state index contributed by atoms with van der Waals surface area (Å²) >= 11 is 0. The van der Waals surface area contributed by atoms with Gasteiger partial charge < -0.3 is 20.7 Å². The lowest BCUT2D eigenvalue weighted by Gasteiger charge is -2.20. The Morgan fingerprint density at radius 1 is 1.63 bits per heavy atom. The molecule has 1 amide bonds. The van der Waals surface area contributed by atoms with Crippen LogP contribution in [0.5, 0.6) is 0 Å². The summed E-state index contributed by atoms with van der Waals surface area (Å²) in [6.45, 7) is 1.60. The van der Waals surface area contributed by atoms with E-state index in [-0.39, 0.29) is 11.9 Å². The Bertz CT molecular complexity index is 467. The van der Waals surface area contributed by atoms with Crippen LogP contribution in [0.4, 0.5) is 14.9 Å². The maximum atomic E-state index is 13.9. The quantitative estimate of drug-likeness (QED) is 0.864. The van der Waals surface area contributed by atoms with Crippen LogP contribution in [0.1, 0.15) is 12.0 Å². The number of ether oxygens (including phenoxy) is 1. The molecular formula is C13H18FN3O2. The first-order valence-corrected chi connectivity index (χ1v) is 6.22. The highest BCUT2D eigenvalue weighted by molar-refractivity contribution is 5.67. The summed E-state index contributed by atoms with van der Waals surface area (Å²) in [4.78, 5) is 13.0. The van der Waals surface area contributed by atoms with Gasteiger partial charge in [0.25, 0.3) is 0 Å². The molecule has 0 bridgehead atoms. The normalized spacial score (nSPS) is 18.5. The Kier molecular flexibility index (Phi) is 4.21. The number of halogens is 1. The molecule has 1 heterocycles. The molecule has 1 atom stereocenters. The van der Waals surface area contributed by atoms with Crippen LogP contribution in [0.25, 0.3) is 0 Å². The number of hydrogen-bond acceptors (Lipinski definition) is 4. The van der Waals surface area contributed by atoms with E-state index in [0.717, 1.165) is 12.0 Å². The number of rotatable bonds is 3. The molecule has 19 heavy (non-hydrogen) atoms. The minimum Gasteiger partial charge on any atom is -0.453 e. The van der Waals surface area contributed by atoms with E-state index in [1.165, 1.54) is 13.2 Å². The summed E-state index contributed by atoms with van der Waals surface area (Å²) in [6, 6.07) is 4.99. The molecule has 0 saturated carbocycles. The molecule has 2 rings (SSSR count). The molecule has 0 aromatic heterocycles. The molecule has 1 aliphatic heterocycles. The Balaban J connectivity index is 2.02. The van der Waals surface area contributed by atoms with Gasteiger partial charge >= 0.3 is 6.09 Å². The van der Waals surface area contributed by atoms with Crippen LogP contribution >= 0.6 is 0 Å². The highest BCUT2D eigenvalue weighted by Gasteiger charge is 2.25. The molecule has 1 saturated heterocycles. The standard InChI is InChI=1S/C13H18FN3O2/c1-19-13(18)16-10-4-5-17(8-10)12-3-2-9(7-15)6-11(12)14/h2-3,6,10H,4-5,7-8,15H2,1H3,(H,16,18). The van der Waals surface area contributed by atoms with Gasteiger partial charge in [0.2, 0.25) is 0 Å². The number of nitrogens with zero attached hydrogens (tertiary/aromatic N) is 1. The third kappa shape index (κ3) is 3.14. The second-order valence-corrected chi connectivity index (χ2v) is 4.56. The number of methoxy groups -OCH3 is 1. The molecule has 1 unspecified atom stereocenters. The number of carbonyl (C=O) groups excluding carboxylic acids is 1. The van der Waals surface area contributed by atoms with E-state index in [0.29, 0.717) is 25.3 Å². The molecule has 1 aliphatic rings. The zero-order valence-electron chi connectivity index (χ0n) is 10.9. The fourth-order valence-corrected chi connectivity index (χ4v) is 2.26. The van der Waals surface area contributed by atoms with Crippen molar-refractivity contribution < 1.29 is 13.9 Å². The number of benzene rings is 1. The largest absolute Gasteiger partial charge is 0.453 e. The maximum Gasteiger partial charge on any atom is 0.407 e. The van der Waals surface area contributed by atoms with Gasteiger partial charge in [0.15, 0.2) is 0 Å². The maximum absolute atomic E-state index is 13.9. The molecule has 6 heteroatoms. The van der Waals surface area contributed by atoms with E-state index in [2.05, 4.69) is 10.1 Å². The lowest BCUT2D eigenvalue weighted by molar-refractivity contribution is 0.167. The second kappa shape index (κ2) is 5.88. The Morgan fingerprint density at radius 2 is 2.42 bits per heavy atom. The monoisotopic (exact) mass is 267 g/mol. The van der Waals surface area contributed by atoms with Gasteiger partial charge in [0.1, 0.15) is 5.82 Å². The average Bonchev–Trinajstić information content (AvgIpc) is 2.86. The summed E-state index contributed by atoms with van der Waals surface area (Å²) in [7, 11) is 1.33. The number of anilines is 1. The third-order valence-electron chi connectivity index (χ3n) is 3.28. The number of alkyl carbamates (subject to hydrolysis) is 1. The van der Waals surface area contributed by atoms with E-state index in [9.17, 15) is 9.18 Å². The molecule has 0 radical (unpaired) electrons. The number of amides is 1. The van der Waals surface area contributed by atoms with Gasteiger partial charge in [-0.15, -0.1) is 0 Å². The molecule has 1 aromatic rings. The van der Waals surface area contributed by atoms with Gasteiger partial charge in [-0.25, -0.2) is 9.18 Å². The smallest absolute Gasteiger partial charge is 0.407 e. The Labute approximate surface area is 111 Å². The van der Waals surface area contributed by atoms with Crippen molar-refractivity contribution in [1.29, 1.82) is 0 Å². The highest BCUT2D eigenvalue weighted by atomic mass is 19.1. The minimum atomic E-state index is -0.453. The van der Waals surface area contributed by atoms with Crippen LogP contribution in [-0.4, -0.2) is 32.3 Å². The average molecular weight is 267 g/mol. The van der Waals surface area contributed by atoms with Crippen molar-refractivity contribution in [2.75, 3.05) is 25.1 Å². The Morgan fingerprint density at radius 3 is 3.05 bits per heavy atom. The van der Waals surface area contributed by atoms with Crippen molar-refractivity contribution in [1.82, 2.24) is 5.32 Å². The van der Waals surface area contributed by atoms with Gasteiger partial charge in [-0.3, -0.25) is 0 Å². The molecule has 5 nitrogen and oxygen atoms in total. The summed E-state index contributed by atoms with van der Waals surface area (Å²) in [6.07, 6.45) is 0.318. The fraction of sp³-hybridized carbons (Fsp3) is 0.462. The Hall–Kier alpha value is -1.82. The van der Waals surface area contributed by atoms with Gasteiger partial charge in [-0.1, -0.05) is 6.07 Å².